The first-order chi connectivity index (χ1) is 9.18. The molecule has 1 rings (SSSR count). The number of carbonyl (C=O) groups is 1. The van der Waals surface area contributed by atoms with Crippen molar-refractivity contribution in [3.63, 3.8) is 0 Å². The van der Waals surface area contributed by atoms with Gasteiger partial charge in [0, 0.05) is 6.92 Å². The van der Waals surface area contributed by atoms with Crippen LogP contribution in [0.2, 0.25) is 0 Å². The first kappa shape index (κ1) is 16.5. The standard InChI is InChI=1S/C17H32O2/c1-3-4-5-6-7-8-10-13-17(19-16(2)18)14-11-9-12-15-17/h3-15H2,1-2H3. The highest BCUT2D eigenvalue weighted by Gasteiger charge is 2.34. The molecule has 0 spiro atoms. The van der Waals surface area contributed by atoms with Crippen LogP contribution in [0.3, 0.4) is 0 Å². The molecule has 0 aliphatic heterocycles. The summed E-state index contributed by atoms with van der Waals surface area (Å²) in [6.07, 6.45) is 16.3. The zero-order valence-corrected chi connectivity index (χ0v) is 13.0. The third-order valence-electron chi connectivity index (χ3n) is 4.36. The summed E-state index contributed by atoms with van der Waals surface area (Å²) < 4.78 is 5.68. The maximum absolute atomic E-state index is 11.3. The van der Waals surface area contributed by atoms with E-state index in [1.165, 1.54) is 64.2 Å². The van der Waals surface area contributed by atoms with Gasteiger partial charge in [-0.15, -0.1) is 0 Å². The molecule has 0 bridgehead atoms. The Morgan fingerprint density at radius 2 is 1.53 bits per heavy atom. The van der Waals surface area contributed by atoms with Crippen molar-refractivity contribution >= 4 is 5.97 Å². The molecule has 0 aromatic rings. The minimum absolute atomic E-state index is 0.0927. The summed E-state index contributed by atoms with van der Waals surface area (Å²) in [7, 11) is 0. The van der Waals surface area contributed by atoms with E-state index in [9.17, 15) is 4.79 Å². The highest BCUT2D eigenvalue weighted by Crippen LogP contribution is 2.36. The number of esters is 1. The van der Waals surface area contributed by atoms with Crippen molar-refractivity contribution < 1.29 is 9.53 Å². The van der Waals surface area contributed by atoms with Gasteiger partial charge < -0.3 is 4.74 Å². The summed E-state index contributed by atoms with van der Waals surface area (Å²) in [6, 6.07) is 0. The van der Waals surface area contributed by atoms with Crippen LogP contribution < -0.4 is 0 Å². The lowest BCUT2D eigenvalue weighted by molar-refractivity contribution is -0.161. The molecule has 1 fully saturated rings. The Balaban J connectivity index is 2.19. The molecule has 1 saturated carbocycles. The van der Waals surface area contributed by atoms with E-state index in [-0.39, 0.29) is 11.6 Å². The van der Waals surface area contributed by atoms with Gasteiger partial charge in [0.25, 0.3) is 0 Å². The first-order valence-corrected chi connectivity index (χ1v) is 8.38. The Bertz CT molecular complexity index is 242. The van der Waals surface area contributed by atoms with Gasteiger partial charge in [-0.2, -0.15) is 0 Å². The van der Waals surface area contributed by atoms with E-state index in [0.717, 1.165) is 19.3 Å². The third kappa shape index (κ3) is 6.98. The van der Waals surface area contributed by atoms with Crippen LogP contribution in [0.4, 0.5) is 0 Å². The predicted octanol–water partition coefficient (Wildman–Crippen LogP) is 5.39. The van der Waals surface area contributed by atoms with Crippen LogP contribution in [0.1, 0.15) is 97.3 Å². The van der Waals surface area contributed by atoms with Crippen LogP contribution in [0.5, 0.6) is 0 Å². The summed E-state index contributed by atoms with van der Waals surface area (Å²) in [4.78, 5) is 11.3. The smallest absolute Gasteiger partial charge is 0.303 e. The van der Waals surface area contributed by atoms with Gasteiger partial charge in [-0.1, -0.05) is 51.9 Å². The summed E-state index contributed by atoms with van der Waals surface area (Å²) in [5.74, 6) is -0.0927. The summed E-state index contributed by atoms with van der Waals surface area (Å²) in [6.45, 7) is 3.81. The first-order valence-electron chi connectivity index (χ1n) is 8.38. The van der Waals surface area contributed by atoms with E-state index in [1.807, 2.05) is 0 Å². The quantitative estimate of drug-likeness (QED) is 0.414. The number of rotatable bonds is 9. The van der Waals surface area contributed by atoms with Crippen molar-refractivity contribution in [2.75, 3.05) is 0 Å². The van der Waals surface area contributed by atoms with Gasteiger partial charge in [-0.25, -0.2) is 0 Å². The lowest BCUT2D eigenvalue weighted by atomic mass is 9.81. The molecule has 0 aromatic carbocycles. The molecule has 0 atom stereocenters. The topological polar surface area (TPSA) is 26.3 Å². The lowest BCUT2D eigenvalue weighted by Gasteiger charge is -2.36. The molecule has 0 unspecified atom stereocenters. The van der Waals surface area contributed by atoms with Crippen molar-refractivity contribution in [3.05, 3.63) is 0 Å². The van der Waals surface area contributed by atoms with Crippen molar-refractivity contribution in [1.82, 2.24) is 0 Å². The normalized spacial score (nSPS) is 18.2. The van der Waals surface area contributed by atoms with Gasteiger partial charge in [-0.3, -0.25) is 4.79 Å². The second-order valence-electron chi connectivity index (χ2n) is 6.21. The van der Waals surface area contributed by atoms with Gasteiger partial charge in [-0.05, 0) is 38.5 Å². The van der Waals surface area contributed by atoms with Gasteiger partial charge >= 0.3 is 5.97 Å². The summed E-state index contributed by atoms with van der Waals surface area (Å²) in [5, 5.41) is 0. The van der Waals surface area contributed by atoms with Crippen LogP contribution in [0.25, 0.3) is 0 Å². The van der Waals surface area contributed by atoms with Crippen molar-refractivity contribution in [1.29, 1.82) is 0 Å². The molecule has 0 amide bonds. The number of unbranched alkanes of at least 4 members (excludes halogenated alkanes) is 6. The minimum Gasteiger partial charge on any atom is -0.459 e. The molecule has 1 aliphatic rings. The van der Waals surface area contributed by atoms with Crippen LogP contribution in [-0.4, -0.2) is 11.6 Å². The maximum atomic E-state index is 11.3. The maximum Gasteiger partial charge on any atom is 0.303 e. The van der Waals surface area contributed by atoms with E-state index in [1.54, 1.807) is 6.92 Å². The van der Waals surface area contributed by atoms with Crippen molar-refractivity contribution in [3.8, 4) is 0 Å². The van der Waals surface area contributed by atoms with E-state index in [4.69, 9.17) is 4.74 Å². The van der Waals surface area contributed by atoms with E-state index < -0.39 is 0 Å². The fourth-order valence-electron chi connectivity index (χ4n) is 3.31. The minimum atomic E-state index is -0.104. The fourth-order valence-corrected chi connectivity index (χ4v) is 3.31. The van der Waals surface area contributed by atoms with Gasteiger partial charge in [0.15, 0.2) is 0 Å². The third-order valence-corrected chi connectivity index (χ3v) is 4.36. The fraction of sp³-hybridized carbons (Fsp3) is 0.941. The second-order valence-corrected chi connectivity index (χ2v) is 6.21. The van der Waals surface area contributed by atoms with Gasteiger partial charge in [0.2, 0.25) is 0 Å². The molecule has 0 aromatic heterocycles. The van der Waals surface area contributed by atoms with Crippen LogP contribution in [0, 0.1) is 0 Å². The molecule has 0 saturated heterocycles. The Kier molecular flexibility index (Phi) is 8.16. The molecule has 112 valence electrons. The number of carbonyl (C=O) groups excluding carboxylic acids is 1. The molecule has 0 radical (unpaired) electrons. The summed E-state index contributed by atoms with van der Waals surface area (Å²) in [5.41, 5.74) is -0.104. The molecule has 1 aliphatic carbocycles. The molecule has 2 heteroatoms. The van der Waals surface area contributed by atoms with E-state index in [2.05, 4.69) is 6.92 Å². The van der Waals surface area contributed by atoms with E-state index in [0.29, 0.717) is 0 Å². The second kappa shape index (κ2) is 9.39. The van der Waals surface area contributed by atoms with Crippen LogP contribution >= 0.6 is 0 Å². The number of hydrogen-bond acceptors (Lipinski definition) is 2. The molecule has 0 N–H and O–H groups in total. The van der Waals surface area contributed by atoms with E-state index >= 15 is 0 Å². The largest absolute Gasteiger partial charge is 0.459 e. The number of ether oxygens (including phenoxy) is 1. The Morgan fingerprint density at radius 1 is 0.947 bits per heavy atom. The Morgan fingerprint density at radius 3 is 2.11 bits per heavy atom. The summed E-state index contributed by atoms with van der Waals surface area (Å²) >= 11 is 0. The molecule has 0 heterocycles. The molecule has 2 nitrogen and oxygen atoms in total. The average Bonchev–Trinajstić information content (AvgIpc) is 2.38. The Labute approximate surface area is 119 Å². The lowest BCUT2D eigenvalue weighted by Crippen LogP contribution is -2.36. The van der Waals surface area contributed by atoms with Gasteiger partial charge in [0.1, 0.15) is 5.60 Å². The molecule has 19 heavy (non-hydrogen) atoms. The predicted molar refractivity (Wildman–Crippen MR) is 80.2 cm³/mol. The monoisotopic (exact) mass is 268 g/mol. The van der Waals surface area contributed by atoms with Crippen molar-refractivity contribution in [2.45, 2.75) is 103 Å². The van der Waals surface area contributed by atoms with Gasteiger partial charge in [0.05, 0.1) is 0 Å². The zero-order valence-electron chi connectivity index (χ0n) is 13.0. The highest BCUT2D eigenvalue weighted by molar-refractivity contribution is 5.66. The number of hydrogen-bond donors (Lipinski definition) is 0. The van der Waals surface area contributed by atoms with Crippen molar-refractivity contribution in [2.24, 2.45) is 0 Å². The highest BCUT2D eigenvalue weighted by atomic mass is 16.6. The van der Waals surface area contributed by atoms with Crippen LogP contribution in [-0.2, 0) is 9.53 Å². The Hall–Kier alpha value is -0.530. The molecular formula is C17H32O2. The molecular weight excluding hydrogens is 236 g/mol. The SMILES string of the molecule is CCCCCCCCCC1(OC(C)=O)CCCCC1. The average molecular weight is 268 g/mol. The zero-order chi connectivity index (χ0) is 14.0. The van der Waals surface area contributed by atoms with Crippen LogP contribution in [0.15, 0.2) is 0 Å².